The Morgan fingerprint density at radius 3 is 2.64 bits per heavy atom. The van der Waals surface area contributed by atoms with E-state index in [0.717, 1.165) is 28.9 Å². The molecule has 0 saturated carbocycles. The molecular formula is C21H23N3O4. The lowest BCUT2D eigenvalue weighted by Crippen LogP contribution is -2.21. The number of aryl methyl sites for hydroxylation is 1. The fourth-order valence-corrected chi connectivity index (χ4v) is 2.49. The average molecular weight is 381 g/mol. The van der Waals surface area contributed by atoms with Crippen LogP contribution in [0.1, 0.15) is 24.5 Å². The Kier molecular flexibility index (Phi) is 6.26. The first kappa shape index (κ1) is 19.4. The topological polar surface area (TPSA) is 86.5 Å². The van der Waals surface area contributed by atoms with E-state index in [-0.39, 0.29) is 18.5 Å². The fourth-order valence-electron chi connectivity index (χ4n) is 2.49. The number of aromatic nitrogens is 2. The normalized spacial score (nSPS) is 10.5. The van der Waals surface area contributed by atoms with Crippen LogP contribution in [-0.2, 0) is 4.79 Å². The molecular weight excluding hydrogens is 358 g/mol. The highest BCUT2D eigenvalue weighted by molar-refractivity contribution is 5.90. The van der Waals surface area contributed by atoms with E-state index < -0.39 is 0 Å². The number of hydrogen-bond acceptors (Lipinski definition) is 6. The lowest BCUT2D eigenvalue weighted by Gasteiger charge is -2.09. The number of ether oxygens (including phenoxy) is 2. The summed E-state index contributed by atoms with van der Waals surface area (Å²) >= 11 is 0. The van der Waals surface area contributed by atoms with Crippen LogP contribution in [0.4, 0.5) is 5.95 Å². The smallest absolute Gasteiger partial charge is 0.270 e. The maximum absolute atomic E-state index is 12.1. The monoisotopic (exact) mass is 381 g/mol. The van der Waals surface area contributed by atoms with Gasteiger partial charge in [-0.25, -0.2) is 0 Å². The third kappa shape index (κ3) is 4.88. The van der Waals surface area contributed by atoms with Gasteiger partial charge in [-0.1, -0.05) is 19.1 Å². The molecule has 7 heteroatoms. The molecule has 146 valence electrons. The number of hydrogen-bond donors (Lipinski definition) is 1. The van der Waals surface area contributed by atoms with Crippen LogP contribution < -0.4 is 14.8 Å². The summed E-state index contributed by atoms with van der Waals surface area (Å²) in [6.45, 7) is 6.52. The van der Waals surface area contributed by atoms with Gasteiger partial charge in [0.2, 0.25) is 0 Å². The molecule has 0 fully saturated rings. The summed E-state index contributed by atoms with van der Waals surface area (Å²) in [5.74, 6) is 1.50. The van der Waals surface area contributed by atoms with Gasteiger partial charge in [-0.05, 0) is 66.9 Å². The van der Waals surface area contributed by atoms with Gasteiger partial charge < -0.3 is 14.0 Å². The van der Waals surface area contributed by atoms with Crippen LogP contribution in [0.5, 0.6) is 11.5 Å². The van der Waals surface area contributed by atoms with Gasteiger partial charge in [-0.2, -0.15) is 4.98 Å². The van der Waals surface area contributed by atoms with Gasteiger partial charge in [0.1, 0.15) is 11.5 Å². The van der Waals surface area contributed by atoms with Crippen molar-refractivity contribution < 1.29 is 18.8 Å². The van der Waals surface area contributed by atoms with Crippen LogP contribution in [0, 0.1) is 13.8 Å². The first-order valence-electron chi connectivity index (χ1n) is 9.12. The Bertz CT molecular complexity index is 935. The Morgan fingerprint density at radius 2 is 1.89 bits per heavy atom. The molecule has 0 spiro atoms. The van der Waals surface area contributed by atoms with E-state index in [0.29, 0.717) is 18.2 Å². The van der Waals surface area contributed by atoms with Crippen molar-refractivity contribution in [2.24, 2.45) is 0 Å². The van der Waals surface area contributed by atoms with Gasteiger partial charge in [0, 0.05) is 5.56 Å². The Morgan fingerprint density at radius 1 is 1.11 bits per heavy atom. The van der Waals surface area contributed by atoms with Crippen LogP contribution in [0.15, 0.2) is 47.0 Å². The highest BCUT2D eigenvalue weighted by atomic mass is 16.5. The second-order valence-electron chi connectivity index (χ2n) is 6.33. The van der Waals surface area contributed by atoms with E-state index in [9.17, 15) is 4.79 Å². The molecule has 7 nitrogen and oxygen atoms in total. The number of nitrogens with zero attached hydrogens (tertiary/aromatic N) is 2. The minimum absolute atomic E-state index is 0.0934. The van der Waals surface area contributed by atoms with Gasteiger partial charge in [0.15, 0.2) is 6.61 Å². The molecule has 28 heavy (non-hydrogen) atoms. The van der Waals surface area contributed by atoms with Crippen molar-refractivity contribution in [2.75, 3.05) is 18.5 Å². The van der Waals surface area contributed by atoms with E-state index in [1.165, 1.54) is 0 Å². The second kappa shape index (κ2) is 9.03. The highest BCUT2D eigenvalue weighted by Gasteiger charge is 2.13. The molecule has 0 aliphatic heterocycles. The molecule has 1 heterocycles. The maximum Gasteiger partial charge on any atom is 0.270 e. The third-order valence-corrected chi connectivity index (χ3v) is 4.17. The van der Waals surface area contributed by atoms with Gasteiger partial charge >= 0.3 is 0 Å². The maximum atomic E-state index is 12.1. The molecule has 1 aromatic heterocycles. The first-order valence-corrected chi connectivity index (χ1v) is 9.12. The number of nitrogens with one attached hydrogen (secondary N) is 1. The molecule has 0 unspecified atom stereocenters. The molecule has 0 atom stereocenters. The van der Waals surface area contributed by atoms with E-state index in [1.807, 2.05) is 56.3 Å². The van der Waals surface area contributed by atoms with Crippen molar-refractivity contribution in [3.8, 4) is 23.0 Å². The molecule has 3 rings (SSSR count). The molecule has 1 N–H and O–H groups in total. The van der Waals surface area contributed by atoms with Gasteiger partial charge in [0.05, 0.1) is 6.61 Å². The van der Waals surface area contributed by atoms with E-state index in [1.54, 1.807) is 0 Å². The average Bonchev–Trinajstić information content (AvgIpc) is 3.16. The molecule has 1 amide bonds. The van der Waals surface area contributed by atoms with Gasteiger partial charge in [0.25, 0.3) is 17.7 Å². The van der Waals surface area contributed by atoms with Crippen LogP contribution >= 0.6 is 0 Å². The van der Waals surface area contributed by atoms with Crippen LogP contribution in [-0.4, -0.2) is 29.3 Å². The number of rotatable bonds is 8. The minimum Gasteiger partial charge on any atom is -0.494 e. The van der Waals surface area contributed by atoms with Gasteiger partial charge in [-0.15, -0.1) is 0 Å². The van der Waals surface area contributed by atoms with E-state index in [2.05, 4.69) is 22.4 Å². The summed E-state index contributed by atoms with van der Waals surface area (Å²) in [5.41, 5.74) is 2.85. The summed E-state index contributed by atoms with van der Waals surface area (Å²) in [4.78, 5) is 16.3. The predicted molar refractivity (Wildman–Crippen MR) is 106 cm³/mol. The Hall–Kier alpha value is -3.35. The predicted octanol–water partition coefficient (Wildman–Crippen LogP) is 4.16. The van der Waals surface area contributed by atoms with Crippen molar-refractivity contribution in [3.63, 3.8) is 0 Å². The number of carbonyl (C=O) groups excluding carboxylic acids is 1. The quantitative estimate of drug-likeness (QED) is 0.630. The van der Waals surface area contributed by atoms with Crippen LogP contribution in [0.3, 0.4) is 0 Å². The summed E-state index contributed by atoms with van der Waals surface area (Å²) < 4.78 is 16.3. The molecule has 2 aromatic carbocycles. The van der Waals surface area contributed by atoms with Gasteiger partial charge in [-0.3, -0.25) is 10.1 Å². The Labute approximate surface area is 163 Å². The zero-order valence-electron chi connectivity index (χ0n) is 16.2. The van der Waals surface area contributed by atoms with E-state index in [4.69, 9.17) is 14.0 Å². The zero-order chi connectivity index (χ0) is 19.9. The van der Waals surface area contributed by atoms with Crippen LogP contribution in [0.25, 0.3) is 11.5 Å². The minimum atomic E-state index is -0.364. The fraction of sp³-hybridized carbons (Fsp3) is 0.286. The zero-order valence-corrected chi connectivity index (χ0v) is 16.2. The molecule has 0 saturated heterocycles. The van der Waals surface area contributed by atoms with Crippen molar-refractivity contribution >= 4 is 11.9 Å². The van der Waals surface area contributed by atoms with Crippen molar-refractivity contribution in [2.45, 2.75) is 27.2 Å². The lowest BCUT2D eigenvalue weighted by molar-refractivity contribution is -0.118. The third-order valence-electron chi connectivity index (χ3n) is 4.17. The SMILES string of the molecule is CCCOc1ccc(-c2nc(NC(=O)COc3cccc(C)c3C)no2)cc1. The molecule has 3 aromatic rings. The standard InChI is InChI=1S/C21H23N3O4/c1-4-12-26-17-10-8-16(9-11-17)20-23-21(24-28-20)22-19(25)13-27-18-7-5-6-14(2)15(18)3/h5-11H,4,12-13H2,1-3H3,(H,22,24,25). The molecule has 0 radical (unpaired) electrons. The summed E-state index contributed by atoms with van der Waals surface area (Å²) in [6.07, 6.45) is 0.946. The molecule has 0 aliphatic carbocycles. The largest absolute Gasteiger partial charge is 0.494 e. The second-order valence-corrected chi connectivity index (χ2v) is 6.33. The van der Waals surface area contributed by atoms with Crippen molar-refractivity contribution in [1.29, 1.82) is 0 Å². The summed E-state index contributed by atoms with van der Waals surface area (Å²) in [6, 6.07) is 13.0. The van der Waals surface area contributed by atoms with Crippen molar-refractivity contribution in [3.05, 3.63) is 53.6 Å². The molecule has 0 bridgehead atoms. The highest BCUT2D eigenvalue weighted by Crippen LogP contribution is 2.22. The summed E-state index contributed by atoms with van der Waals surface area (Å²) in [5, 5.41) is 6.36. The lowest BCUT2D eigenvalue weighted by atomic mass is 10.1. The molecule has 0 aliphatic rings. The van der Waals surface area contributed by atoms with E-state index >= 15 is 0 Å². The number of benzene rings is 2. The first-order chi connectivity index (χ1) is 13.6. The summed E-state index contributed by atoms with van der Waals surface area (Å²) in [7, 11) is 0. The number of anilines is 1. The van der Waals surface area contributed by atoms with Crippen molar-refractivity contribution in [1.82, 2.24) is 10.1 Å². The van der Waals surface area contributed by atoms with Crippen LogP contribution in [0.2, 0.25) is 0 Å². The number of carbonyl (C=O) groups is 1. The Balaban J connectivity index is 1.56. The number of amides is 1.